The Morgan fingerprint density at radius 2 is 2.09 bits per heavy atom. The average Bonchev–Trinajstić information content (AvgIpc) is 3.16. The van der Waals surface area contributed by atoms with Crippen LogP contribution in [0, 0.1) is 0 Å². The van der Waals surface area contributed by atoms with Crippen LogP contribution in [-0.2, 0) is 9.59 Å². The Labute approximate surface area is 133 Å². The van der Waals surface area contributed by atoms with Crippen molar-refractivity contribution in [3.05, 3.63) is 54.0 Å². The smallest absolute Gasteiger partial charge is 0.240 e. The van der Waals surface area contributed by atoms with Crippen molar-refractivity contribution in [3.8, 4) is 0 Å². The van der Waals surface area contributed by atoms with Crippen LogP contribution in [-0.4, -0.2) is 22.5 Å². The molecule has 1 aliphatic rings. The number of carbonyl (C=O) groups is 2. The topological polar surface area (TPSA) is 74.9 Å². The van der Waals surface area contributed by atoms with E-state index in [0.717, 1.165) is 11.3 Å². The maximum atomic E-state index is 11.9. The average molecular weight is 311 g/mol. The molecule has 6 nitrogen and oxygen atoms in total. The van der Waals surface area contributed by atoms with Gasteiger partial charge >= 0.3 is 0 Å². The molecule has 3 rings (SSSR count). The van der Waals surface area contributed by atoms with Gasteiger partial charge in [-0.2, -0.15) is 5.10 Å². The van der Waals surface area contributed by atoms with Crippen LogP contribution < -0.4 is 5.32 Å². The minimum atomic E-state index is -0.207. The Balaban J connectivity index is 1.90. The first-order valence-electron chi connectivity index (χ1n) is 7.33. The van der Waals surface area contributed by atoms with Crippen LogP contribution in [0.15, 0.2) is 52.2 Å². The predicted octanol–water partition coefficient (Wildman–Crippen LogP) is 2.94. The molecule has 0 saturated heterocycles. The lowest BCUT2D eigenvalue weighted by molar-refractivity contribution is -0.130. The van der Waals surface area contributed by atoms with Crippen molar-refractivity contribution in [2.75, 3.05) is 5.32 Å². The third kappa shape index (κ3) is 3.15. The van der Waals surface area contributed by atoms with Crippen LogP contribution in [0.2, 0.25) is 0 Å². The number of hydrogen-bond acceptors (Lipinski definition) is 4. The standard InChI is InChI=1S/C17H17N3O3/c1-11(21)18-14-6-3-5-13(9-14)16-10-15(17-7-4-8-23-17)19-20(16)12(2)22/h3-9,16H,10H2,1-2H3,(H,18,21). The molecule has 0 radical (unpaired) electrons. The van der Waals surface area contributed by atoms with Gasteiger partial charge < -0.3 is 9.73 Å². The van der Waals surface area contributed by atoms with E-state index in [4.69, 9.17) is 4.42 Å². The Bertz CT molecular complexity index is 765. The lowest BCUT2D eigenvalue weighted by Crippen LogP contribution is -2.24. The number of nitrogens with zero attached hydrogens (tertiary/aromatic N) is 2. The van der Waals surface area contributed by atoms with Gasteiger partial charge in [-0.1, -0.05) is 12.1 Å². The molecule has 0 spiro atoms. The molecule has 1 aromatic carbocycles. The van der Waals surface area contributed by atoms with Crippen LogP contribution in [0.5, 0.6) is 0 Å². The predicted molar refractivity (Wildman–Crippen MR) is 85.9 cm³/mol. The molecule has 0 aliphatic carbocycles. The van der Waals surface area contributed by atoms with Crippen LogP contribution in [0.25, 0.3) is 0 Å². The van der Waals surface area contributed by atoms with Gasteiger partial charge in [-0.15, -0.1) is 0 Å². The highest BCUT2D eigenvalue weighted by molar-refractivity contribution is 6.01. The summed E-state index contributed by atoms with van der Waals surface area (Å²) in [5.74, 6) is 0.391. The number of hydrazone groups is 1. The minimum absolute atomic E-state index is 0.135. The Morgan fingerprint density at radius 3 is 2.74 bits per heavy atom. The van der Waals surface area contributed by atoms with Crippen LogP contribution >= 0.6 is 0 Å². The number of rotatable bonds is 3. The molecule has 2 heterocycles. The molecule has 2 aromatic rings. The lowest BCUT2D eigenvalue weighted by atomic mass is 10.0. The third-order valence-electron chi connectivity index (χ3n) is 3.63. The summed E-state index contributed by atoms with van der Waals surface area (Å²) < 4.78 is 5.38. The molecule has 6 heteroatoms. The monoisotopic (exact) mass is 311 g/mol. The Kier molecular flexibility index (Phi) is 3.97. The molecule has 1 aromatic heterocycles. The van der Waals surface area contributed by atoms with Gasteiger partial charge in [0.25, 0.3) is 0 Å². The lowest BCUT2D eigenvalue weighted by Gasteiger charge is -2.21. The molecular formula is C17H17N3O3. The van der Waals surface area contributed by atoms with E-state index in [-0.39, 0.29) is 17.9 Å². The van der Waals surface area contributed by atoms with E-state index in [1.165, 1.54) is 18.9 Å². The van der Waals surface area contributed by atoms with Gasteiger partial charge in [0, 0.05) is 26.0 Å². The van der Waals surface area contributed by atoms with Gasteiger partial charge in [0.2, 0.25) is 11.8 Å². The highest BCUT2D eigenvalue weighted by Gasteiger charge is 2.32. The van der Waals surface area contributed by atoms with E-state index in [1.807, 2.05) is 30.3 Å². The molecule has 0 fully saturated rings. The first-order valence-corrected chi connectivity index (χ1v) is 7.33. The fraction of sp³-hybridized carbons (Fsp3) is 0.235. The molecule has 1 N–H and O–H groups in total. The molecule has 118 valence electrons. The Morgan fingerprint density at radius 1 is 1.26 bits per heavy atom. The first-order chi connectivity index (χ1) is 11.0. The van der Waals surface area contributed by atoms with E-state index >= 15 is 0 Å². The number of anilines is 1. The maximum absolute atomic E-state index is 11.9. The highest BCUT2D eigenvalue weighted by atomic mass is 16.3. The van der Waals surface area contributed by atoms with Gasteiger partial charge in [0.05, 0.1) is 12.3 Å². The van der Waals surface area contributed by atoms with Gasteiger partial charge in [-0.05, 0) is 29.8 Å². The normalized spacial score (nSPS) is 17.0. The van der Waals surface area contributed by atoms with Crippen molar-refractivity contribution in [2.45, 2.75) is 26.3 Å². The van der Waals surface area contributed by atoms with E-state index in [1.54, 1.807) is 12.3 Å². The fourth-order valence-electron chi connectivity index (χ4n) is 2.68. The third-order valence-corrected chi connectivity index (χ3v) is 3.63. The van der Waals surface area contributed by atoms with Crippen LogP contribution in [0.4, 0.5) is 5.69 Å². The van der Waals surface area contributed by atoms with Crippen molar-refractivity contribution in [3.63, 3.8) is 0 Å². The van der Waals surface area contributed by atoms with Gasteiger partial charge in [0.1, 0.15) is 11.5 Å². The van der Waals surface area contributed by atoms with Crippen molar-refractivity contribution in [1.29, 1.82) is 0 Å². The summed E-state index contributed by atoms with van der Waals surface area (Å²) in [4.78, 5) is 23.1. The summed E-state index contributed by atoms with van der Waals surface area (Å²) in [6.45, 7) is 2.95. The molecular weight excluding hydrogens is 294 g/mol. The fourth-order valence-corrected chi connectivity index (χ4v) is 2.68. The van der Waals surface area contributed by atoms with Gasteiger partial charge in [-0.25, -0.2) is 5.01 Å². The minimum Gasteiger partial charge on any atom is -0.463 e. The summed E-state index contributed by atoms with van der Waals surface area (Å²) in [6, 6.07) is 10.9. The number of benzene rings is 1. The summed E-state index contributed by atoms with van der Waals surface area (Å²) in [5.41, 5.74) is 2.35. The molecule has 0 saturated carbocycles. The second kappa shape index (κ2) is 6.08. The molecule has 1 atom stereocenters. The zero-order valence-corrected chi connectivity index (χ0v) is 12.9. The SMILES string of the molecule is CC(=O)Nc1cccc(C2CC(c3ccco3)=NN2C(C)=O)c1. The van der Waals surface area contributed by atoms with Crippen molar-refractivity contribution < 1.29 is 14.0 Å². The number of hydrogen-bond donors (Lipinski definition) is 1. The van der Waals surface area contributed by atoms with Gasteiger partial charge in [-0.3, -0.25) is 9.59 Å². The van der Waals surface area contributed by atoms with Crippen molar-refractivity contribution in [2.24, 2.45) is 5.10 Å². The second-order valence-electron chi connectivity index (χ2n) is 5.41. The molecule has 1 unspecified atom stereocenters. The van der Waals surface area contributed by atoms with Crippen LogP contribution in [0.1, 0.15) is 37.6 Å². The first kappa shape index (κ1) is 15.0. The zero-order chi connectivity index (χ0) is 16.4. The van der Waals surface area contributed by atoms with Crippen molar-refractivity contribution >= 4 is 23.2 Å². The van der Waals surface area contributed by atoms with E-state index < -0.39 is 0 Å². The number of nitrogens with one attached hydrogen (secondary N) is 1. The van der Waals surface area contributed by atoms with E-state index in [0.29, 0.717) is 17.9 Å². The van der Waals surface area contributed by atoms with Crippen LogP contribution in [0.3, 0.4) is 0 Å². The summed E-state index contributed by atoms with van der Waals surface area (Å²) >= 11 is 0. The van der Waals surface area contributed by atoms with Crippen molar-refractivity contribution in [1.82, 2.24) is 5.01 Å². The number of carbonyl (C=O) groups excluding carboxylic acids is 2. The largest absolute Gasteiger partial charge is 0.463 e. The summed E-state index contributed by atoms with van der Waals surface area (Å²) in [5, 5.41) is 8.61. The number of furan rings is 1. The summed E-state index contributed by atoms with van der Waals surface area (Å²) in [7, 11) is 0. The molecule has 23 heavy (non-hydrogen) atoms. The maximum Gasteiger partial charge on any atom is 0.240 e. The summed E-state index contributed by atoms with van der Waals surface area (Å²) in [6.07, 6.45) is 2.15. The molecule has 1 aliphatic heterocycles. The Hall–Kier alpha value is -2.89. The second-order valence-corrected chi connectivity index (χ2v) is 5.41. The van der Waals surface area contributed by atoms with Gasteiger partial charge in [0.15, 0.2) is 0 Å². The van der Waals surface area contributed by atoms with E-state index in [2.05, 4.69) is 10.4 Å². The molecule has 0 bridgehead atoms. The van der Waals surface area contributed by atoms with E-state index in [9.17, 15) is 9.59 Å². The number of amides is 2. The molecule has 2 amide bonds. The zero-order valence-electron chi connectivity index (χ0n) is 12.9. The quantitative estimate of drug-likeness (QED) is 0.947. The highest BCUT2D eigenvalue weighted by Crippen LogP contribution is 2.33.